The number of benzene rings is 3. The van der Waals surface area contributed by atoms with Crippen LogP contribution < -0.4 is 5.32 Å². The second kappa shape index (κ2) is 13.9. The maximum atomic E-state index is 13.3. The zero-order chi connectivity index (χ0) is 29.3. The topological polar surface area (TPSA) is 93.1 Å². The molecule has 1 aliphatic heterocycles. The van der Waals surface area contributed by atoms with E-state index in [1.807, 2.05) is 30.3 Å². The van der Waals surface area contributed by atoms with Crippen LogP contribution in [-0.2, 0) is 17.9 Å². The number of nitrogens with one attached hydrogen (secondary N) is 1. The second-order valence-electron chi connectivity index (χ2n) is 9.16. The molecule has 0 bridgehead atoms. The van der Waals surface area contributed by atoms with Crippen LogP contribution in [0.3, 0.4) is 0 Å². The fraction of sp³-hybridized carbons (Fsp3) is 0.286. The van der Waals surface area contributed by atoms with E-state index in [1.165, 1.54) is 6.07 Å². The van der Waals surface area contributed by atoms with Crippen molar-refractivity contribution in [2.45, 2.75) is 25.7 Å². The summed E-state index contributed by atoms with van der Waals surface area (Å²) in [5.74, 6) is -4.78. The van der Waals surface area contributed by atoms with Gasteiger partial charge >= 0.3 is 12.1 Å². The minimum absolute atomic E-state index is 0.211. The van der Waals surface area contributed by atoms with Crippen molar-refractivity contribution >= 4 is 17.6 Å². The highest BCUT2D eigenvalue weighted by molar-refractivity contribution is 6.04. The van der Waals surface area contributed by atoms with Gasteiger partial charge in [0.05, 0.1) is 0 Å². The lowest BCUT2D eigenvalue weighted by Crippen LogP contribution is -2.30. The lowest BCUT2D eigenvalue weighted by atomic mass is 10.1. The monoisotopic (exact) mass is 565 g/mol. The molecule has 4 rings (SSSR count). The molecule has 40 heavy (non-hydrogen) atoms. The molecule has 0 radical (unpaired) electrons. The summed E-state index contributed by atoms with van der Waals surface area (Å²) in [6.45, 7) is 5.51. The Morgan fingerprint density at radius 3 is 1.95 bits per heavy atom. The molecule has 0 atom stereocenters. The van der Waals surface area contributed by atoms with E-state index in [4.69, 9.17) is 9.90 Å². The van der Waals surface area contributed by atoms with Crippen molar-refractivity contribution in [1.82, 2.24) is 9.80 Å². The number of hydrogen-bond acceptors (Lipinski definition) is 5. The summed E-state index contributed by atoms with van der Waals surface area (Å²) in [5, 5.41) is 19.4. The molecule has 214 valence electrons. The third kappa shape index (κ3) is 9.62. The molecule has 12 heteroatoms. The quantitative estimate of drug-likeness (QED) is 0.353. The first-order valence-electron chi connectivity index (χ1n) is 12.3. The van der Waals surface area contributed by atoms with E-state index in [-0.39, 0.29) is 11.6 Å². The van der Waals surface area contributed by atoms with Gasteiger partial charge in [-0.2, -0.15) is 13.2 Å². The van der Waals surface area contributed by atoms with Gasteiger partial charge < -0.3 is 15.5 Å². The Balaban J connectivity index is 0.000000559. The number of carboxylic acids is 1. The average molecular weight is 566 g/mol. The molecule has 0 unspecified atom stereocenters. The summed E-state index contributed by atoms with van der Waals surface area (Å²) < 4.78 is 58.1. The number of anilines is 1. The van der Waals surface area contributed by atoms with Crippen LogP contribution in [0.4, 0.5) is 27.6 Å². The molecular formula is C28H28F5N3O4. The highest BCUT2D eigenvalue weighted by Crippen LogP contribution is 2.17. The zero-order valence-corrected chi connectivity index (χ0v) is 21.3. The van der Waals surface area contributed by atoms with E-state index in [0.717, 1.165) is 68.9 Å². The van der Waals surface area contributed by atoms with Crippen molar-refractivity contribution in [2.24, 2.45) is 0 Å². The molecule has 3 aromatic rings. The molecule has 0 spiro atoms. The number of carbonyl (C=O) groups excluding carboxylic acids is 1. The van der Waals surface area contributed by atoms with E-state index in [1.54, 1.807) is 18.2 Å². The van der Waals surface area contributed by atoms with Crippen LogP contribution in [0.15, 0.2) is 66.7 Å². The summed E-state index contributed by atoms with van der Waals surface area (Å²) in [4.78, 5) is 26.1. The van der Waals surface area contributed by atoms with Crippen LogP contribution in [0.25, 0.3) is 0 Å². The Bertz CT molecular complexity index is 1300. The maximum absolute atomic E-state index is 13.3. The summed E-state index contributed by atoms with van der Waals surface area (Å²) >= 11 is 0. The number of hydrogen-bond donors (Lipinski definition) is 3. The maximum Gasteiger partial charge on any atom is 0.490 e. The SMILES string of the molecule is O=C(Nc1ccc(F)c(F)c1)c1ccc(CN2CCCN(Cc3cccc(O)c3)CC2)cc1.O=C(O)C(F)(F)F. The Morgan fingerprint density at radius 1 is 0.800 bits per heavy atom. The lowest BCUT2D eigenvalue weighted by molar-refractivity contribution is -0.192. The number of aromatic hydroxyl groups is 1. The van der Waals surface area contributed by atoms with E-state index in [0.29, 0.717) is 11.3 Å². The molecule has 7 nitrogen and oxygen atoms in total. The van der Waals surface area contributed by atoms with Crippen LogP contribution >= 0.6 is 0 Å². The third-order valence-electron chi connectivity index (χ3n) is 6.04. The summed E-state index contributed by atoms with van der Waals surface area (Å²) in [6.07, 6.45) is -4.02. The summed E-state index contributed by atoms with van der Waals surface area (Å²) in [6, 6.07) is 18.0. The fourth-order valence-corrected chi connectivity index (χ4v) is 4.05. The average Bonchev–Trinajstić information content (AvgIpc) is 3.11. The Hall–Kier alpha value is -4.03. The van der Waals surface area contributed by atoms with Crippen LogP contribution in [-0.4, -0.2) is 64.2 Å². The van der Waals surface area contributed by atoms with E-state index < -0.39 is 23.8 Å². The number of rotatable bonds is 6. The van der Waals surface area contributed by atoms with E-state index in [2.05, 4.69) is 15.1 Å². The van der Waals surface area contributed by atoms with Crippen LogP contribution in [0.1, 0.15) is 27.9 Å². The molecule has 1 saturated heterocycles. The van der Waals surface area contributed by atoms with Crippen molar-refractivity contribution in [3.63, 3.8) is 0 Å². The van der Waals surface area contributed by atoms with Crippen molar-refractivity contribution in [2.75, 3.05) is 31.5 Å². The number of carbonyl (C=O) groups is 2. The molecule has 1 fully saturated rings. The Kier molecular flexibility index (Phi) is 10.6. The van der Waals surface area contributed by atoms with Crippen molar-refractivity contribution < 1.29 is 41.8 Å². The van der Waals surface area contributed by atoms with Crippen molar-refractivity contribution in [1.29, 1.82) is 0 Å². The lowest BCUT2D eigenvalue weighted by Gasteiger charge is -2.22. The molecule has 3 aromatic carbocycles. The van der Waals surface area contributed by atoms with E-state index >= 15 is 0 Å². The minimum atomic E-state index is -5.08. The number of halogens is 5. The van der Waals surface area contributed by atoms with Crippen molar-refractivity contribution in [3.8, 4) is 5.75 Å². The van der Waals surface area contributed by atoms with Gasteiger partial charge in [-0.1, -0.05) is 24.3 Å². The van der Waals surface area contributed by atoms with E-state index in [9.17, 15) is 31.9 Å². The van der Waals surface area contributed by atoms with Gasteiger partial charge in [0, 0.05) is 43.5 Å². The largest absolute Gasteiger partial charge is 0.508 e. The zero-order valence-electron chi connectivity index (χ0n) is 21.3. The van der Waals surface area contributed by atoms with Gasteiger partial charge in [-0.05, 0) is 67.0 Å². The Morgan fingerprint density at radius 2 is 1.40 bits per heavy atom. The number of amides is 1. The van der Waals surface area contributed by atoms with Gasteiger partial charge in [0.25, 0.3) is 5.91 Å². The highest BCUT2D eigenvalue weighted by atomic mass is 19.4. The number of carboxylic acid groups (broad SMARTS) is 1. The number of alkyl halides is 3. The van der Waals surface area contributed by atoms with Gasteiger partial charge in [-0.3, -0.25) is 14.6 Å². The van der Waals surface area contributed by atoms with Gasteiger partial charge in [-0.15, -0.1) is 0 Å². The van der Waals surface area contributed by atoms with Gasteiger partial charge in [0.1, 0.15) is 5.75 Å². The van der Waals surface area contributed by atoms with Crippen LogP contribution in [0.2, 0.25) is 0 Å². The number of aliphatic carboxylic acids is 1. The summed E-state index contributed by atoms with van der Waals surface area (Å²) in [5.41, 5.74) is 2.89. The smallest absolute Gasteiger partial charge is 0.490 e. The first-order valence-corrected chi connectivity index (χ1v) is 12.3. The highest BCUT2D eigenvalue weighted by Gasteiger charge is 2.38. The normalized spacial score (nSPS) is 14.5. The molecular weight excluding hydrogens is 537 g/mol. The predicted octanol–water partition coefficient (Wildman–Crippen LogP) is 5.26. The molecule has 0 aromatic heterocycles. The van der Waals surface area contributed by atoms with Crippen LogP contribution in [0, 0.1) is 11.6 Å². The predicted molar refractivity (Wildman–Crippen MR) is 138 cm³/mol. The van der Waals surface area contributed by atoms with Gasteiger partial charge in [-0.25, -0.2) is 13.6 Å². The second-order valence-corrected chi connectivity index (χ2v) is 9.16. The molecule has 3 N–H and O–H groups in total. The van der Waals surface area contributed by atoms with Crippen molar-refractivity contribution in [3.05, 3.63) is 95.1 Å². The Labute approximate surface area is 227 Å². The fourth-order valence-electron chi connectivity index (χ4n) is 4.05. The number of phenols is 1. The minimum Gasteiger partial charge on any atom is -0.508 e. The number of nitrogens with zero attached hydrogens (tertiary/aromatic N) is 2. The van der Waals surface area contributed by atoms with Gasteiger partial charge in [0.15, 0.2) is 11.6 Å². The standard InChI is InChI=1S/C26H27F2N3O2.C2HF3O2/c27-24-10-9-22(16-25(24)28)29-26(33)21-7-5-19(6-8-21)17-30-11-2-12-31(14-13-30)18-20-3-1-4-23(32)15-20;3-2(4,5)1(6)7/h1,3-10,15-16,32H,2,11-14,17-18H2,(H,29,33);(H,6,7). The molecule has 1 aliphatic rings. The molecule has 1 amide bonds. The molecule has 0 aliphatic carbocycles. The van der Waals surface area contributed by atoms with Crippen LogP contribution in [0.5, 0.6) is 5.75 Å². The first kappa shape index (κ1) is 30.5. The number of phenolic OH excluding ortho intramolecular Hbond substituents is 1. The molecule has 0 saturated carbocycles. The first-order chi connectivity index (χ1) is 18.9. The summed E-state index contributed by atoms with van der Waals surface area (Å²) in [7, 11) is 0. The third-order valence-corrected chi connectivity index (χ3v) is 6.04. The van der Waals surface area contributed by atoms with Gasteiger partial charge in [0.2, 0.25) is 0 Å². The molecule has 1 heterocycles.